The Labute approximate surface area is 135 Å². The molecule has 0 fully saturated rings. The lowest BCUT2D eigenvalue weighted by atomic mass is 10.0. The molecule has 0 aromatic heterocycles. The van der Waals surface area contributed by atoms with Crippen molar-refractivity contribution < 1.29 is 15.2 Å². The van der Waals surface area contributed by atoms with Crippen molar-refractivity contribution >= 4 is 11.6 Å². The van der Waals surface area contributed by atoms with Crippen molar-refractivity contribution in [3.8, 4) is 0 Å². The first-order chi connectivity index (χ1) is 11.2. The van der Waals surface area contributed by atoms with Crippen LogP contribution in [0.15, 0.2) is 59.8 Å². The Balaban J connectivity index is 1.85. The number of amides is 1. The summed E-state index contributed by atoms with van der Waals surface area (Å²) in [5.74, 6) is -0.426. The fourth-order valence-corrected chi connectivity index (χ4v) is 2.39. The molecule has 0 radical (unpaired) electrons. The van der Waals surface area contributed by atoms with Crippen LogP contribution in [0.1, 0.15) is 29.5 Å². The van der Waals surface area contributed by atoms with Crippen LogP contribution >= 0.6 is 0 Å². The first kappa shape index (κ1) is 16.7. The largest absolute Gasteiger partial charge is 0.411 e. The summed E-state index contributed by atoms with van der Waals surface area (Å²) in [4.78, 5) is 11.1. The van der Waals surface area contributed by atoms with Gasteiger partial charge in [0.05, 0.1) is 12.1 Å². The topological polar surface area (TPSA) is 81.9 Å². The van der Waals surface area contributed by atoms with E-state index < -0.39 is 5.91 Å². The average molecular weight is 312 g/mol. The standard InChI is InChI=1S/C18H20N2O3/c21-18(20-23)13-15-11-9-14(10-12-15)5-4-8-17(19-22)16-6-2-1-3-7-16/h1-3,6-7,9-12,22-23H,4-5,8,13H2,(H,20,21)/b19-17+. The van der Waals surface area contributed by atoms with Crippen LogP contribution in [-0.4, -0.2) is 22.0 Å². The van der Waals surface area contributed by atoms with E-state index in [1.54, 1.807) is 5.48 Å². The Morgan fingerprint density at radius 1 is 1.00 bits per heavy atom. The quantitative estimate of drug-likeness (QED) is 0.318. The van der Waals surface area contributed by atoms with Crippen LogP contribution in [0.5, 0.6) is 0 Å². The molecular weight excluding hydrogens is 292 g/mol. The Hall–Kier alpha value is -2.66. The number of carbonyl (C=O) groups excluding carboxylic acids is 1. The normalized spacial score (nSPS) is 11.3. The number of benzene rings is 2. The van der Waals surface area contributed by atoms with Gasteiger partial charge in [0, 0.05) is 0 Å². The molecule has 0 aliphatic rings. The molecule has 0 bridgehead atoms. The van der Waals surface area contributed by atoms with Crippen LogP contribution in [0.25, 0.3) is 0 Å². The third-order valence-electron chi connectivity index (χ3n) is 3.62. The molecule has 0 aliphatic heterocycles. The van der Waals surface area contributed by atoms with Crippen molar-refractivity contribution in [3.63, 3.8) is 0 Å². The minimum atomic E-state index is -0.426. The van der Waals surface area contributed by atoms with E-state index in [0.717, 1.165) is 29.5 Å². The molecule has 3 N–H and O–H groups in total. The Morgan fingerprint density at radius 2 is 1.65 bits per heavy atom. The molecule has 0 saturated carbocycles. The second kappa shape index (κ2) is 8.70. The number of nitrogens with zero attached hydrogens (tertiary/aromatic N) is 1. The fraction of sp³-hybridized carbons (Fsp3) is 0.222. The zero-order chi connectivity index (χ0) is 16.5. The van der Waals surface area contributed by atoms with Crippen molar-refractivity contribution in [3.05, 3.63) is 71.3 Å². The monoisotopic (exact) mass is 312 g/mol. The second-order valence-corrected chi connectivity index (χ2v) is 5.29. The predicted octanol–water partition coefficient (Wildman–Crippen LogP) is 2.94. The van der Waals surface area contributed by atoms with Gasteiger partial charge in [-0.1, -0.05) is 59.8 Å². The summed E-state index contributed by atoms with van der Waals surface area (Å²) in [7, 11) is 0. The zero-order valence-corrected chi connectivity index (χ0v) is 12.8. The minimum absolute atomic E-state index is 0.159. The number of nitrogens with one attached hydrogen (secondary N) is 1. The summed E-state index contributed by atoms with van der Waals surface area (Å²) >= 11 is 0. The maximum Gasteiger partial charge on any atom is 0.247 e. The summed E-state index contributed by atoms with van der Waals surface area (Å²) in [6.07, 6.45) is 2.57. The molecule has 0 spiro atoms. The Morgan fingerprint density at radius 3 is 2.26 bits per heavy atom. The molecule has 1 amide bonds. The van der Waals surface area contributed by atoms with E-state index in [-0.39, 0.29) is 6.42 Å². The SMILES string of the molecule is O=C(Cc1ccc(CCC/C(=N\O)c2ccccc2)cc1)NO. The van der Waals surface area contributed by atoms with Crippen molar-refractivity contribution in [2.24, 2.45) is 5.16 Å². The lowest BCUT2D eigenvalue weighted by Crippen LogP contribution is -2.20. The summed E-state index contributed by atoms with van der Waals surface area (Å²) in [6.45, 7) is 0. The van der Waals surface area contributed by atoms with E-state index in [1.165, 1.54) is 0 Å². The average Bonchev–Trinajstić information content (AvgIpc) is 2.61. The number of aryl methyl sites for hydroxylation is 1. The molecular formula is C18H20N2O3. The molecule has 0 saturated heterocycles. The molecule has 5 nitrogen and oxygen atoms in total. The minimum Gasteiger partial charge on any atom is -0.411 e. The first-order valence-electron chi connectivity index (χ1n) is 7.50. The van der Waals surface area contributed by atoms with Gasteiger partial charge in [-0.05, 0) is 36.0 Å². The van der Waals surface area contributed by atoms with Gasteiger partial charge in [0.25, 0.3) is 0 Å². The third-order valence-corrected chi connectivity index (χ3v) is 3.62. The van der Waals surface area contributed by atoms with Crippen molar-refractivity contribution in [1.82, 2.24) is 5.48 Å². The fourth-order valence-electron chi connectivity index (χ4n) is 2.39. The van der Waals surface area contributed by atoms with Crippen LogP contribution in [0.3, 0.4) is 0 Å². The molecule has 0 unspecified atom stereocenters. The lowest BCUT2D eigenvalue weighted by molar-refractivity contribution is -0.128. The third kappa shape index (κ3) is 5.23. The van der Waals surface area contributed by atoms with Crippen LogP contribution < -0.4 is 5.48 Å². The highest BCUT2D eigenvalue weighted by Crippen LogP contribution is 2.12. The predicted molar refractivity (Wildman–Crippen MR) is 87.8 cm³/mol. The maximum absolute atomic E-state index is 11.1. The van der Waals surface area contributed by atoms with Gasteiger partial charge in [-0.15, -0.1) is 0 Å². The van der Waals surface area contributed by atoms with E-state index in [1.807, 2.05) is 54.6 Å². The summed E-state index contributed by atoms with van der Waals surface area (Å²) < 4.78 is 0. The number of hydrogen-bond acceptors (Lipinski definition) is 4. The summed E-state index contributed by atoms with van der Waals surface area (Å²) in [5, 5.41) is 21.0. The molecule has 2 aromatic rings. The maximum atomic E-state index is 11.1. The van der Waals surface area contributed by atoms with Crippen LogP contribution in [0.4, 0.5) is 0 Å². The van der Waals surface area contributed by atoms with Gasteiger partial charge in [0.2, 0.25) is 5.91 Å². The van der Waals surface area contributed by atoms with Crippen LogP contribution in [0.2, 0.25) is 0 Å². The van der Waals surface area contributed by atoms with Gasteiger partial charge in [-0.25, -0.2) is 5.48 Å². The van der Waals surface area contributed by atoms with Gasteiger partial charge in [-0.3, -0.25) is 10.0 Å². The van der Waals surface area contributed by atoms with Crippen molar-refractivity contribution in [1.29, 1.82) is 0 Å². The van der Waals surface area contributed by atoms with Gasteiger partial charge >= 0.3 is 0 Å². The van der Waals surface area contributed by atoms with Gasteiger partial charge in [0.1, 0.15) is 0 Å². The van der Waals surface area contributed by atoms with Gasteiger partial charge in [0.15, 0.2) is 0 Å². The Kier molecular flexibility index (Phi) is 6.32. The molecule has 2 aromatic carbocycles. The first-order valence-corrected chi connectivity index (χ1v) is 7.50. The number of rotatable bonds is 7. The lowest BCUT2D eigenvalue weighted by Gasteiger charge is -2.06. The van der Waals surface area contributed by atoms with Gasteiger partial charge in [-0.2, -0.15) is 0 Å². The van der Waals surface area contributed by atoms with E-state index in [9.17, 15) is 4.79 Å². The number of carbonyl (C=O) groups is 1. The Bertz CT molecular complexity index is 652. The van der Waals surface area contributed by atoms with E-state index in [0.29, 0.717) is 12.1 Å². The highest BCUT2D eigenvalue weighted by atomic mass is 16.5. The van der Waals surface area contributed by atoms with Crippen LogP contribution in [-0.2, 0) is 17.6 Å². The highest BCUT2D eigenvalue weighted by molar-refractivity contribution is 6.00. The zero-order valence-electron chi connectivity index (χ0n) is 12.8. The summed E-state index contributed by atoms with van der Waals surface area (Å²) in [5.41, 5.74) is 5.24. The van der Waals surface area contributed by atoms with E-state index in [2.05, 4.69) is 5.16 Å². The molecule has 0 atom stereocenters. The molecule has 5 heteroatoms. The number of hydrogen-bond donors (Lipinski definition) is 3. The molecule has 23 heavy (non-hydrogen) atoms. The molecule has 0 heterocycles. The highest BCUT2D eigenvalue weighted by Gasteiger charge is 2.05. The van der Waals surface area contributed by atoms with E-state index >= 15 is 0 Å². The van der Waals surface area contributed by atoms with Crippen molar-refractivity contribution in [2.75, 3.05) is 0 Å². The summed E-state index contributed by atoms with van der Waals surface area (Å²) in [6, 6.07) is 17.3. The smallest absolute Gasteiger partial charge is 0.247 e. The van der Waals surface area contributed by atoms with E-state index in [4.69, 9.17) is 10.4 Å². The molecule has 2 rings (SSSR count). The van der Waals surface area contributed by atoms with Gasteiger partial charge < -0.3 is 5.21 Å². The van der Waals surface area contributed by atoms with Crippen LogP contribution in [0, 0.1) is 0 Å². The van der Waals surface area contributed by atoms with Crippen molar-refractivity contribution in [2.45, 2.75) is 25.7 Å². The number of hydroxylamine groups is 1. The number of oxime groups is 1. The molecule has 120 valence electrons. The molecule has 0 aliphatic carbocycles. The second-order valence-electron chi connectivity index (χ2n) is 5.29.